The number of hydrogen-bond donors (Lipinski definition) is 0. The molecule has 1 fully saturated rings. The van der Waals surface area contributed by atoms with Gasteiger partial charge in [0.25, 0.3) is 0 Å². The van der Waals surface area contributed by atoms with Gasteiger partial charge in [-0.25, -0.2) is 16.8 Å². The maximum Gasteiger partial charge on any atom is 0.168 e. The Labute approximate surface area is 111 Å². The molecule has 0 radical (unpaired) electrons. The zero-order valence-electron chi connectivity index (χ0n) is 8.79. The van der Waals surface area contributed by atoms with Gasteiger partial charge in [0.15, 0.2) is 19.7 Å². The molecule has 0 unspecified atom stereocenters. The lowest BCUT2D eigenvalue weighted by Crippen LogP contribution is -2.43. The van der Waals surface area contributed by atoms with Crippen LogP contribution in [0.1, 0.15) is 6.42 Å². The molecule has 17 heavy (non-hydrogen) atoms. The van der Waals surface area contributed by atoms with Crippen LogP contribution in [0.4, 0.5) is 0 Å². The highest BCUT2D eigenvalue weighted by Gasteiger charge is 2.55. The predicted molar refractivity (Wildman–Crippen MR) is 67.6 cm³/mol. The summed E-state index contributed by atoms with van der Waals surface area (Å²) >= 11 is 10.9. The second kappa shape index (κ2) is 4.40. The first-order valence-corrected chi connectivity index (χ1v) is 9.57. The highest BCUT2D eigenvalue weighted by molar-refractivity contribution is 7.97. The summed E-state index contributed by atoms with van der Waals surface area (Å²) in [6.45, 7) is 0. The molecule has 0 saturated heterocycles. The monoisotopic (exact) mass is 318 g/mol. The van der Waals surface area contributed by atoms with E-state index in [9.17, 15) is 16.8 Å². The molecule has 0 heterocycles. The van der Waals surface area contributed by atoms with Crippen molar-refractivity contribution in [3.05, 3.63) is 12.2 Å². The quantitative estimate of drug-likeness (QED) is 0.576. The molecule has 0 amide bonds. The van der Waals surface area contributed by atoms with Crippen molar-refractivity contribution in [1.82, 2.24) is 0 Å². The Hall–Kier alpha value is 0.220. The summed E-state index contributed by atoms with van der Waals surface area (Å²) in [4.78, 5) is 0. The van der Waals surface area contributed by atoms with Gasteiger partial charge in [-0.05, 0) is 18.3 Å². The maximum absolute atomic E-state index is 11.9. The van der Waals surface area contributed by atoms with Crippen molar-refractivity contribution < 1.29 is 16.8 Å². The molecule has 2 aliphatic rings. The van der Waals surface area contributed by atoms with Gasteiger partial charge in [0.05, 0.1) is 10.5 Å². The molecular formula is C9H12Cl2O4S2. The third kappa shape index (κ3) is 2.13. The summed E-state index contributed by atoms with van der Waals surface area (Å²) in [5.74, 6) is -0.488. The van der Waals surface area contributed by atoms with Crippen molar-refractivity contribution in [2.45, 2.75) is 16.9 Å². The number of alkyl halides is 2. The summed E-state index contributed by atoms with van der Waals surface area (Å²) in [5, 5.41) is -2.97. The van der Waals surface area contributed by atoms with Crippen molar-refractivity contribution in [1.29, 1.82) is 0 Å². The molecule has 2 rings (SSSR count). The van der Waals surface area contributed by atoms with Crippen molar-refractivity contribution in [3.63, 3.8) is 0 Å². The Bertz CT molecular complexity index is 489. The van der Waals surface area contributed by atoms with Crippen LogP contribution in [0.15, 0.2) is 12.2 Å². The number of hydrogen-bond acceptors (Lipinski definition) is 4. The van der Waals surface area contributed by atoms with Gasteiger partial charge in [-0.3, -0.25) is 0 Å². The fraction of sp³-hybridized carbons (Fsp3) is 0.778. The second-order valence-corrected chi connectivity index (χ2v) is 9.91. The van der Waals surface area contributed by atoms with Crippen molar-refractivity contribution in [2.75, 3.05) is 10.4 Å². The van der Waals surface area contributed by atoms with E-state index in [0.717, 1.165) is 0 Å². The van der Waals surface area contributed by atoms with Gasteiger partial charge in [-0.1, -0.05) is 12.2 Å². The minimum atomic E-state index is -3.59. The fourth-order valence-corrected chi connectivity index (χ4v) is 7.69. The number of rotatable bonds is 4. The second-order valence-electron chi connectivity index (χ2n) is 4.42. The van der Waals surface area contributed by atoms with Gasteiger partial charge in [0.1, 0.15) is 10.4 Å². The molecule has 0 aliphatic heterocycles. The molecule has 0 N–H and O–H groups in total. The first kappa shape index (κ1) is 13.6. The zero-order valence-corrected chi connectivity index (χ0v) is 11.9. The van der Waals surface area contributed by atoms with Crippen LogP contribution in [0, 0.1) is 11.8 Å². The zero-order chi connectivity index (χ0) is 12.8. The summed E-state index contributed by atoms with van der Waals surface area (Å²) < 4.78 is 47.6. The van der Waals surface area contributed by atoms with Gasteiger partial charge in [-0.15, -0.1) is 23.2 Å². The van der Waals surface area contributed by atoms with Gasteiger partial charge in [0.2, 0.25) is 0 Å². The van der Waals surface area contributed by atoms with Crippen LogP contribution in [0.3, 0.4) is 0 Å². The summed E-state index contributed by atoms with van der Waals surface area (Å²) in [6.07, 6.45) is 4.11. The molecule has 98 valence electrons. The Morgan fingerprint density at radius 1 is 0.882 bits per heavy atom. The molecule has 1 saturated carbocycles. The largest absolute Gasteiger partial charge is 0.227 e. The van der Waals surface area contributed by atoms with E-state index < -0.39 is 40.6 Å². The molecule has 2 aliphatic carbocycles. The Morgan fingerprint density at radius 3 is 1.53 bits per heavy atom. The molecule has 4 atom stereocenters. The van der Waals surface area contributed by atoms with Gasteiger partial charge < -0.3 is 0 Å². The molecule has 0 aromatic rings. The fourth-order valence-electron chi connectivity index (χ4n) is 2.82. The average molecular weight is 319 g/mol. The van der Waals surface area contributed by atoms with E-state index in [1.54, 1.807) is 12.2 Å². The molecule has 0 aromatic heterocycles. The van der Waals surface area contributed by atoms with Gasteiger partial charge in [0, 0.05) is 0 Å². The Morgan fingerprint density at radius 2 is 1.24 bits per heavy atom. The standard InChI is InChI=1S/C9H12Cl2O4S2/c10-4-16(12,13)8-6-1-2-7(3-6)9(8)17(14,15)5-11/h1-2,6-9H,3-5H2/t6-,7+,8-,9-/m0/s1. The third-order valence-electron chi connectivity index (χ3n) is 3.45. The first-order valence-electron chi connectivity index (χ1n) is 5.07. The van der Waals surface area contributed by atoms with Gasteiger partial charge in [-0.2, -0.15) is 0 Å². The van der Waals surface area contributed by atoms with Crippen LogP contribution in [0.25, 0.3) is 0 Å². The Balaban J connectivity index is 2.48. The lowest BCUT2D eigenvalue weighted by atomic mass is 10.1. The van der Waals surface area contributed by atoms with Gasteiger partial charge >= 0.3 is 0 Å². The number of allylic oxidation sites excluding steroid dienone is 2. The Kier molecular flexibility index (Phi) is 3.53. The van der Waals surface area contributed by atoms with E-state index in [4.69, 9.17) is 23.2 Å². The minimum Gasteiger partial charge on any atom is -0.227 e. The van der Waals surface area contributed by atoms with Crippen LogP contribution >= 0.6 is 23.2 Å². The summed E-state index contributed by atoms with van der Waals surface area (Å²) in [7, 11) is -7.19. The number of halogens is 2. The van der Waals surface area contributed by atoms with Crippen molar-refractivity contribution >= 4 is 42.9 Å². The van der Waals surface area contributed by atoms with Crippen LogP contribution in [0.5, 0.6) is 0 Å². The SMILES string of the molecule is O=S(=O)(CCl)[C@@H]1[C@@H](S(=O)(=O)CCl)[C@H]2C=C[C@@H]1C2. The topological polar surface area (TPSA) is 68.3 Å². The van der Waals surface area contributed by atoms with E-state index in [1.807, 2.05) is 0 Å². The van der Waals surface area contributed by atoms with E-state index >= 15 is 0 Å². The van der Waals surface area contributed by atoms with Crippen LogP contribution in [-0.2, 0) is 19.7 Å². The normalized spacial score (nSPS) is 36.6. The van der Waals surface area contributed by atoms with E-state index in [0.29, 0.717) is 6.42 Å². The smallest absolute Gasteiger partial charge is 0.168 e. The average Bonchev–Trinajstić information content (AvgIpc) is 2.88. The highest BCUT2D eigenvalue weighted by atomic mass is 35.5. The van der Waals surface area contributed by atoms with Crippen LogP contribution < -0.4 is 0 Å². The molecular weight excluding hydrogens is 307 g/mol. The van der Waals surface area contributed by atoms with Crippen LogP contribution in [-0.4, -0.2) is 37.8 Å². The lowest BCUT2D eigenvalue weighted by Gasteiger charge is -2.26. The summed E-state index contributed by atoms with van der Waals surface area (Å²) in [6, 6.07) is 0. The lowest BCUT2D eigenvalue weighted by molar-refractivity contribution is 0.545. The van der Waals surface area contributed by atoms with E-state index in [1.165, 1.54) is 0 Å². The first-order chi connectivity index (χ1) is 7.83. The van der Waals surface area contributed by atoms with E-state index in [2.05, 4.69) is 0 Å². The third-order valence-corrected chi connectivity index (χ3v) is 9.00. The van der Waals surface area contributed by atoms with Crippen molar-refractivity contribution in [3.8, 4) is 0 Å². The minimum absolute atomic E-state index is 0.244. The number of fused-ring (bicyclic) bond motifs is 2. The number of sulfone groups is 2. The highest BCUT2D eigenvalue weighted by Crippen LogP contribution is 2.46. The van der Waals surface area contributed by atoms with Crippen molar-refractivity contribution in [2.24, 2.45) is 11.8 Å². The maximum atomic E-state index is 11.9. The summed E-state index contributed by atoms with van der Waals surface area (Å²) in [5.41, 5.74) is 0. The molecule has 2 bridgehead atoms. The predicted octanol–water partition coefficient (Wildman–Crippen LogP) is 1.15. The van der Waals surface area contributed by atoms with E-state index in [-0.39, 0.29) is 11.8 Å². The molecule has 0 spiro atoms. The molecule has 8 heteroatoms. The molecule has 4 nitrogen and oxygen atoms in total. The molecule has 0 aromatic carbocycles. The van der Waals surface area contributed by atoms with Crippen LogP contribution in [0.2, 0.25) is 0 Å².